The fourth-order valence-electron chi connectivity index (χ4n) is 1.97. The second-order valence-electron chi connectivity index (χ2n) is 4.98. The van der Waals surface area contributed by atoms with E-state index in [1.165, 1.54) is 18.2 Å². The first-order valence-electron chi connectivity index (χ1n) is 7.22. The first kappa shape index (κ1) is 19.8. The third kappa shape index (κ3) is 5.25. The van der Waals surface area contributed by atoms with Crippen molar-refractivity contribution in [1.29, 1.82) is 5.26 Å². The molecule has 7 heteroatoms. The maximum absolute atomic E-state index is 12.3. The molecule has 1 amide bonds. The topological polar surface area (TPSA) is 82.3 Å². The van der Waals surface area contributed by atoms with Crippen LogP contribution in [0.5, 0.6) is 11.5 Å². The number of halogens is 2. The number of phenolic OH excluding ortho intramolecular Hbond substituents is 1. The predicted octanol–water partition coefficient (Wildman–Crippen LogP) is 4.32. The molecule has 2 aromatic carbocycles. The number of terminal acetylenes is 1. The van der Waals surface area contributed by atoms with Gasteiger partial charge in [-0.05, 0) is 86.6 Å². The fraction of sp³-hybridized carbons (Fsp3) is 0.0526. The van der Waals surface area contributed by atoms with Gasteiger partial charge in [-0.3, -0.25) is 4.79 Å². The van der Waals surface area contributed by atoms with E-state index in [1.807, 2.05) is 6.07 Å². The van der Waals surface area contributed by atoms with Crippen LogP contribution in [0.4, 0.5) is 5.69 Å². The van der Waals surface area contributed by atoms with Gasteiger partial charge in [-0.2, -0.15) is 5.26 Å². The number of nitrogens with one attached hydrogen (secondary N) is 1. The minimum absolute atomic E-state index is 0.0573. The molecule has 0 fully saturated rings. The first-order chi connectivity index (χ1) is 12.4. The molecule has 130 valence electrons. The number of rotatable bonds is 5. The van der Waals surface area contributed by atoms with E-state index in [9.17, 15) is 15.2 Å². The number of aromatic hydroxyl groups is 1. The molecule has 5 nitrogen and oxygen atoms in total. The highest BCUT2D eigenvalue weighted by Crippen LogP contribution is 2.32. The number of hydrogen-bond acceptors (Lipinski definition) is 4. The Labute approximate surface area is 172 Å². The second-order valence-corrected chi connectivity index (χ2v) is 6.99. The van der Waals surface area contributed by atoms with Gasteiger partial charge in [0.05, 0.1) is 8.04 Å². The van der Waals surface area contributed by atoms with Crippen molar-refractivity contribution in [3.05, 3.63) is 55.6 Å². The maximum atomic E-state index is 12.3. The molecule has 0 unspecified atom stereocenters. The SMILES string of the molecule is C#CCOc1c(Br)cc(/C=C(\C#N)C(=O)Nc2ccc(O)cc2)cc1I. The van der Waals surface area contributed by atoms with Crippen molar-refractivity contribution >= 4 is 56.2 Å². The van der Waals surface area contributed by atoms with Crippen LogP contribution in [0.25, 0.3) is 6.08 Å². The molecule has 2 aromatic rings. The summed E-state index contributed by atoms with van der Waals surface area (Å²) in [6.45, 7) is 0.141. The molecule has 0 bridgehead atoms. The van der Waals surface area contributed by atoms with Crippen LogP contribution in [0.2, 0.25) is 0 Å². The van der Waals surface area contributed by atoms with Gasteiger partial charge in [0.15, 0.2) is 0 Å². The minimum atomic E-state index is -0.544. The number of amides is 1. The van der Waals surface area contributed by atoms with Crippen LogP contribution in [0.1, 0.15) is 5.56 Å². The Balaban J connectivity index is 2.25. The number of carbonyl (C=O) groups is 1. The first-order valence-corrected chi connectivity index (χ1v) is 9.09. The molecule has 0 spiro atoms. The highest BCUT2D eigenvalue weighted by molar-refractivity contribution is 14.1. The van der Waals surface area contributed by atoms with E-state index in [4.69, 9.17) is 11.2 Å². The van der Waals surface area contributed by atoms with Gasteiger partial charge in [-0.15, -0.1) is 6.42 Å². The van der Waals surface area contributed by atoms with Gasteiger partial charge in [-0.25, -0.2) is 0 Å². The van der Waals surface area contributed by atoms with Gasteiger partial charge in [-0.1, -0.05) is 5.92 Å². The van der Waals surface area contributed by atoms with Crippen LogP contribution in [0.15, 0.2) is 46.4 Å². The average molecular weight is 523 g/mol. The van der Waals surface area contributed by atoms with E-state index >= 15 is 0 Å². The van der Waals surface area contributed by atoms with Gasteiger partial charge in [0.25, 0.3) is 5.91 Å². The fourth-order valence-corrected chi connectivity index (χ4v) is 3.74. The lowest BCUT2D eigenvalue weighted by Crippen LogP contribution is -2.13. The molecule has 0 heterocycles. The van der Waals surface area contributed by atoms with Crippen molar-refractivity contribution in [2.75, 3.05) is 11.9 Å². The van der Waals surface area contributed by atoms with E-state index in [-0.39, 0.29) is 17.9 Å². The Bertz CT molecular complexity index is 918. The number of carbonyl (C=O) groups excluding carboxylic acids is 1. The van der Waals surface area contributed by atoms with Crippen molar-refractivity contribution in [3.8, 4) is 29.9 Å². The van der Waals surface area contributed by atoms with Crippen LogP contribution in [0.3, 0.4) is 0 Å². The van der Waals surface area contributed by atoms with E-state index in [1.54, 1.807) is 24.3 Å². The van der Waals surface area contributed by atoms with E-state index in [0.29, 0.717) is 21.5 Å². The number of anilines is 1. The molecule has 0 atom stereocenters. The zero-order chi connectivity index (χ0) is 19.1. The van der Waals surface area contributed by atoms with Gasteiger partial charge < -0.3 is 15.2 Å². The smallest absolute Gasteiger partial charge is 0.266 e. The quantitative estimate of drug-likeness (QED) is 0.201. The number of phenols is 1. The molecule has 0 saturated carbocycles. The molecule has 0 aliphatic carbocycles. The van der Waals surface area contributed by atoms with Crippen molar-refractivity contribution in [2.24, 2.45) is 0 Å². The summed E-state index contributed by atoms with van der Waals surface area (Å²) in [6, 6.07) is 11.4. The standard InChI is InChI=1S/C19H12BrIN2O3/c1-2-7-26-18-16(20)9-12(10-17(18)21)8-13(11-22)19(25)23-14-3-5-15(24)6-4-14/h1,3-6,8-10,24H,7H2,(H,23,25)/b13-8+. The highest BCUT2D eigenvalue weighted by Gasteiger charge is 2.12. The molecular weight excluding hydrogens is 511 g/mol. The Hall–Kier alpha value is -2.49. The van der Waals surface area contributed by atoms with Crippen LogP contribution in [-0.2, 0) is 4.79 Å². The van der Waals surface area contributed by atoms with Gasteiger partial charge in [0.1, 0.15) is 29.7 Å². The zero-order valence-electron chi connectivity index (χ0n) is 13.3. The summed E-state index contributed by atoms with van der Waals surface area (Å²) in [4.78, 5) is 12.3. The maximum Gasteiger partial charge on any atom is 0.266 e. The van der Waals surface area contributed by atoms with E-state index < -0.39 is 5.91 Å². The highest BCUT2D eigenvalue weighted by atomic mass is 127. The van der Waals surface area contributed by atoms with E-state index in [0.717, 1.165) is 3.57 Å². The summed E-state index contributed by atoms with van der Waals surface area (Å²) in [5.74, 6) is 2.55. The average Bonchev–Trinajstić information content (AvgIpc) is 2.61. The Morgan fingerprint density at radius 1 is 1.38 bits per heavy atom. The summed E-state index contributed by atoms with van der Waals surface area (Å²) in [7, 11) is 0. The molecule has 0 saturated heterocycles. The van der Waals surface area contributed by atoms with Crippen LogP contribution in [0, 0.1) is 27.2 Å². The van der Waals surface area contributed by atoms with Crippen LogP contribution in [-0.4, -0.2) is 17.6 Å². The van der Waals surface area contributed by atoms with Gasteiger partial charge in [0, 0.05) is 5.69 Å². The number of nitriles is 1. The molecule has 0 radical (unpaired) electrons. The Kier molecular flexibility index (Phi) is 7.07. The summed E-state index contributed by atoms with van der Waals surface area (Å²) in [5, 5.41) is 21.2. The van der Waals surface area contributed by atoms with Crippen molar-refractivity contribution in [3.63, 3.8) is 0 Å². The number of hydrogen-bond donors (Lipinski definition) is 2. The number of nitrogens with zero attached hydrogens (tertiary/aromatic N) is 1. The largest absolute Gasteiger partial charge is 0.508 e. The molecule has 0 aliphatic rings. The molecule has 2 rings (SSSR count). The number of ether oxygens (including phenoxy) is 1. The second kappa shape index (κ2) is 9.27. The zero-order valence-corrected chi connectivity index (χ0v) is 17.0. The minimum Gasteiger partial charge on any atom is -0.508 e. The summed E-state index contributed by atoms with van der Waals surface area (Å²) < 4.78 is 6.92. The lowest BCUT2D eigenvalue weighted by atomic mass is 10.1. The molecule has 0 aliphatic heterocycles. The molecule has 26 heavy (non-hydrogen) atoms. The monoisotopic (exact) mass is 522 g/mol. The summed E-state index contributed by atoms with van der Waals surface area (Å²) in [6.07, 6.45) is 6.68. The lowest BCUT2D eigenvalue weighted by Gasteiger charge is -2.09. The molecule has 0 aromatic heterocycles. The normalized spacial score (nSPS) is 10.5. The molecule has 2 N–H and O–H groups in total. The molecular formula is C19H12BrIN2O3. The summed E-state index contributed by atoms with van der Waals surface area (Å²) in [5.41, 5.74) is 1.08. The van der Waals surface area contributed by atoms with Crippen LogP contribution < -0.4 is 10.1 Å². The Morgan fingerprint density at radius 2 is 2.08 bits per heavy atom. The third-order valence-electron chi connectivity index (χ3n) is 3.12. The van der Waals surface area contributed by atoms with E-state index in [2.05, 4.69) is 49.8 Å². The third-order valence-corrected chi connectivity index (χ3v) is 4.51. The van der Waals surface area contributed by atoms with Gasteiger partial charge in [0.2, 0.25) is 0 Å². The summed E-state index contributed by atoms with van der Waals surface area (Å²) >= 11 is 5.49. The van der Waals surface area contributed by atoms with Crippen molar-refractivity contribution in [2.45, 2.75) is 0 Å². The van der Waals surface area contributed by atoms with Crippen molar-refractivity contribution < 1.29 is 14.6 Å². The van der Waals surface area contributed by atoms with Crippen LogP contribution >= 0.6 is 38.5 Å². The van der Waals surface area contributed by atoms with Crippen molar-refractivity contribution in [1.82, 2.24) is 0 Å². The Morgan fingerprint density at radius 3 is 2.65 bits per heavy atom. The predicted molar refractivity (Wildman–Crippen MR) is 112 cm³/mol. The lowest BCUT2D eigenvalue weighted by molar-refractivity contribution is -0.112. The number of benzene rings is 2. The van der Waals surface area contributed by atoms with Gasteiger partial charge >= 0.3 is 0 Å².